The number of hydrogen-bond donors (Lipinski definition) is 0. The molecule has 1 atom stereocenters. The number of aryl methyl sites for hydroxylation is 1. The molecule has 1 heteroatoms. The van der Waals surface area contributed by atoms with Crippen molar-refractivity contribution in [3.05, 3.63) is 245 Å². The van der Waals surface area contributed by atoms with Crippen molar-refractivity contribution in [1.82, 2.24) is 0 Å². The first kappa shape index (κ1) is 35.1. The highest BCUT2D eigenvalue weighted by Crippen LogP contribution is 2.44. The lowest BCUT2D eigenvalue weighted by molar-refractivity contribution is 1.51. The van der Waals surface area contributed by atoms with Crippen molar-refractivity contribution in [2.45, 2.75) is 6.92 Å². The zero-order valence-corrected chi connectivity index (χ0v) is 32.5. The van der Waals surface area contributed by atoms with Crippen molar-refractivity contribution in [1.29, 1.82) is 0 Å². The van der Waals surface area contributed by atoms with Crippen LogP contribution in [0.2, 0.25) is 0 Å². The smallest absolute Gasteiger partial charge is 0.00260 e. The van der Waals surface area contributed by atoms with E-state index < -0.39 is 0 Å². The third kappa shape index (κ3) is 7.16. The van der Waals surface area contributed by atoms with Gasteiger partial charge >= 0.3 is 0 Å². The third-order valence-electron chi connectivity index (χ3n) is 10.7. The van der Waals surface area contributed by atoms with Gasteiger partial charge in [0.15, 0.2) is 0 Å². The number of fused-ring (bicyclic) bond motifs is 2. The summed E-state index contributed by atoms with van der Waals surface area (Å²) in [6, 6.07) is 74.6. The van der Waals surface area contributed by atoms with Gasteiger partial charge in [-0.05, 0) is 119 Å². The first-order valence-corrected chi connectivity index (χ1v) is 19.8. The SMILES string of the molecule is Cc1ccc2c(-c3ccc(C=C(c4ccccc4)c4ccccc4)cc3)c3ccc(P)cc3c(-c3ccc(C=C(c4ccccc4)c4ccccc4)cc3)c2c1. The summed E-state index contributed by atoms with van der Waals surface area (Å²) in [5, 5.41) is 6.19. The van der Waals surface area contributed by atoms with Gasteiger partial charge in [-0.25, -0.2) is 0 Å². The molecule has 0 nitrogen and oxygen atoms in total. The van der Waals surface area contributed by atoms with Crippen LogP contribution in [0.1, 0.15) is 38.9 Å². The van der Waals surface area contributed by atoms with Gasteiger partial charge < -0.3 is 0 Å². The molecule has 0 heterocycles. The first-order valence-electron chi connectivity index (χ1n) is 19.2. The standard InChI is InChI=1S/C55H41P/c1-38-22-32-48-52(34-38)55(46-29-25-40(26-30-46)36-51(43-18-10-4-11-19-43)44-20-12-5-13-21-44)53-37-47(56)31-33-49(53)54(48)45-27-23-39(24-28-45)35-50(41-14-6-2-7-15-41)42-16-8-3-9-17-42/h2-37H,56H2,1H3. The summed E-state index contributed by atoms with van der Waals surface area (Å²) in [6.45, 7) is 2.19. The largest absolute Gasteiger partial charge is 0.106 e. The van der Waals surface area contributed by atoms with E-state index in [0.29, 0.717) is 0 Å². The predicted molar refractivity (Wildman–Crippen MR) is 246 cm³/mol. The van der Waals surface area contributed by atoms with Crippen LogP contribution in [0.15, 0.2) is 206 Å². The van der Waals surface area contributed by atoms with E-state index in [1.54, 1.807) is 0 Å². The average Bonchev–Trinajstić information content (AvgIpc) is 3.25. The molecule has 0 saturated heterocycles. The molecule has 0 bridgehead atoms. The highest BCUT2D eigenvalue weighted by atomic mass is 31.0. The summed E-state index contributed by atoms with van der Waals surface area (Å²) < 4.78 is 0. The number of rotatable bonds is 8. The van der Waals surface area contributed by atoms with Gasteiger partial charge in [-0.1, -0.05) is 206 Å². The van der Waals surface area contributed by atoms with E-state index in [-0.39, 0.29) is 0 Å². The van der Waals surface area contributed by atoms with Gasteiger partial charge in [-0.2, -0.15) is 0 Å². The molecule has 0 spiro atoms. The molecule has 9 aromatic rings. The number of benzene rings is 9. The second-order valence-electron chi connectivity index (χ2n) is 14.4. The summed E-state index contributed by atoms with van der Waals surface area (Å²) in [5.74, 6) is 0. The van der Waals surface area contributed by atoms with Crippen molar-refractivity contribution in [2.75, 3.05) is 0 Å². The molecule has 56 heavy (non-hydrogen) atoms. The maximum atomic E-state index is 2.93. The van der Waals surface area contributed by atoms with Gasteiger partial charge in [0.25, 0.3) is 0 Å². The Morgan fingerprint density at radius 2 is 0.714 bits per heavy atom. The Hall–Kier alpha value is -6.59. The quantitative estimate of drug-likeness (QED) is 0.0829. The fourth-order valence-electron chi connectivity index (χ4n) is 7.94. The minimum Gasteiger partial charge on any atom is -0.106 e. The molecule has 0 N–H and O–H groups in total. The van der Waals surface area contributed by atoms with Crippen LogP contribution in [0.5, 0.6) is 0 Å². The molecule has 0 aliphatic heterocycles. The molecule has 1 unspecified atom stereocenters. The lowest BCUT2D eigenvalue weighted by atomic mass is 9.85. The highest BCUT2D eigenvalue weighted by Gasteiger charge is 2.18. The zero-order valence-electron chi connectivity index (χ0n) is 31.4. The van der Waals surface area contributed by atoms with Crippen LogP contribution < -0.4 is 5.30 Å². The van der Waals surface area contributed by atoms with E-state index in [1.807, 2.05) is 0 Å². The average molecular weight is 733 g/mol. The van der Waals surface area contributed by atoms with Crippen LogP contribution in [0.4, 0.5) is 0 Å². The molecule has 9 rings (SSSR count). The van der Waals surface area contributed by atoms with Crippen LogP contribution in [-0.4, -0.2) is 0 Å². The summed E-state index contributed by atoms with van der Waals surface area (Å²) in [5.41, 5.74) is 15.8. The molecule has 0 fully saturated rings. The van der Waals surface area contributed by atoms with Crippen LogP contribution >= 0.6 is 9.24 Å². The first-order chi connectivity index (χ1) is 27.6. The molecular formula is C55H41P. The Morgan fingerprint density at radius 3 is 1.12 bits per heavy atom. The molecule has 9 aromatic carbocycles. The van der Waals surface area contributed by atoms with E-state index in [2.05, 4.69) is 235 Å². The molecule has 0 aliphatic carbocycles. The molecule has 0 radical (unpaired) electrons. The van der Waals surface area contributed by atoms with Crippen molar-refractivity contribution < 1.29 is 0 Å². The van der Waals surface area contributed by atoms with Crippen LogP contribution in [0.25, 0.3) is 67.1 Å². The van der Waals surface area contributed by atoms with Crippen LogP contribution in [-0.2, 0) is 0 Å². The summed E-state index contributed by atoms with van der Waals surface area (Å²) in [7, 11) is 2.93. The molecule has 266 valence electrons. The van der Waals surface area contributed by atoms with Gasteiger partial charge in [0.05, 0.1) is 0 Å². The molecule has 0 aliphatic rings. The normalized spacial score (nSPS) is 11.0. The van der Waals surface area contributed by atoms with E-state index >= 15 is 0 Å². The van der Waals surface area contributed by atoms with Crippen molar-refractivity contribution in [3.63, 3.8) is 0 Å². The maximum absolute atomic E-state index is 2.93. The van der Waals surface area contributed by atoms with E-state index in [1.165, 1.54) is 99.2 Å². The third-order valence-corrected chi connectivity index (χ3v) is 11.0. The Balaban J connectivity index is 1.16. The lowest BCUT2D eigenvalue weighted by Gasteiger charge is -2.19. The Kier molecular flexibility index (Phi) is 9.81. The Labute approximate surface area is 332 Å². The van der Waals surface area contributed by atoms with E-state index in [9.17, 15) is 0 Å². The van der Waals surface area contributed by atoms with Crippen LogP contribution in [0.3, 0.4) is 0 Å². The minimum absolute atomic E-state index is 1.17. The predicted octanol–water partition coefficient (Wildman–Crippen LogP) is 14.3. The van der Waals surface area contributed by atoms with Gasteiger partial charge in [-0.15, -0.1) is 9.24 Å². The zero-order chi connectivity index (χ0) is 37.8. The molecular weight excluding hydrogens is 692 g/mol. The second kappa shape index (κ2) is 15.6. The fourth-order valence-corrected chi connectivity index (χ4v) is 8.21. The van der Waals surface area contributed by atoms with Crippen LogP contribution in [0, 0.1) is 6.92 Å². The molecule has 0 aromatic heterocycles. The monoisotopic (exact) mass is 732 g/mol. The Bertz CT molecular complexity index is 2710. The fraction of sp³-hybridized carbons (Fsp3) is 0.0182. The summed E-state index contributed by atoms with van der Waals surface area (Å²) >= 11 is 0. The van der Waals surface area contributed by atoms with Gasteiger partial charge in [-0.3, -0.25) is 0 Å². The van der Waals surface area contributed by atoms with Gasteiger partial charge in [0.1, 0.15) is 0 Å². The topological polar surface area (TPSA) is 0 Å². The second-order valence-corrected chi connectivity index (χ2v) is 15.1. The van der Waals surface area contributed by atoms with Crippen molar-refractivity contribution in [2.24, 2.45) is 0 Å². The van der Waals surface area contributed by atoms with Gasteiger partial charge in [0.2, 0.25) is 0 Å². The summed E-state index contributed by atoms with van der Waals surface area (Å²) in [4.78, 5) is 0. The Morgan fingerprint density at radius 1 is 0.357 bits per heavy atom. The van der Waals surface area contributed by atoms with Crippen molar-refractivity contribution >= 4 is 59.4 Å². The van der Waals surface area contributed by atoms with Crippen molar-refractivity contribution in [3.8, 4) is 22.3 Å². The number of hydrogen-bond acceptors (Lipinski definition) is 0. The van der Waals surface area contributed by atoms with E-state index in [0.717, 1.165) is 0 Å². The minimum atomic E-state index is 1.17. The van der Waals surface area contributed by atoms with Gasteiger partial charge in [0, 0.05) is 0 Å². The highest BCUT2D eigenvalue weighted by molar-refractivity contribution is 7.27. The lowest BCUT2D eigenvalue weighted by Crippen LogP contribution is -1.96. The summed E-state index contributed by atoms with van der Waals surface area (Å²) in [6.07, 6.45) is 4.61. The molecule has 0 amide bonds. The maximum Gasteiger partial charge on any atom is -0.00260 e. The molecule has 0 saturated carbocycles. The van der Waals surface area contributed by atoms with E-state index in [4.69, 9.17) is 0 Å².